The van der Waals surface area contributed by atoms with Gasteiger partial charge in [-0.15, -0.1) is 0 Å². The van der Waals surface area contributed by atoms with E-state index in [2.05, 4.69) is 0 Å². The van der Waals surface area contributed by atoms with E-state index in [1.54, 1.807) is 7.11 Å². The molecule has 0 amide bonds. The molecule has 0 atom stereocenters. The predicted octanol–water partition coefficient (Wildman–Crippen LogP) is 2.65. The number of rotatable bonds is 5. The van der Waals surface area contributed by atoms with Crippen LogP contribution in [-0.4, -0.2) is 27.6 Å². The lowest BCUT2D eigenvalue weighted by Crippen LogP contribution is -2.03. The lowest BCUT2D eigenvalue weighted by atomic mass is 9.96. The topological polar surface area (TPSA) is 44.8 Å². The minimum atomic E-state index is 0.198. The maximum atomic E-state index is 11.2. The molecule has 1 rings (SSSR count). The lowest BCUT2D eigenvalue weighted by Gasteiger charge is -2.18. The van der Waals surface area contributed by atoms with Crippen molar-refractivity contribution in [2.75, 3.05) is 21.3 Å². The fraction of sp³-hybridized carbons (Fsp3) is 0.462. The van der Waals surface area contributed by atoms with E-state index in [9.17, 15) is 4.79 Å². The number of methoxy groups -OCH3 is 3. The zero-order valence-corrected chi connectivity index (χ0v) is 10.9. The fourth-order valence-electron chi connectivity index (χ4n) is 1.80. The van der Waals surface area contributed by atoms with Gasteiger partial charge in [0.15, 0.2) is 17.8 Å². The van der Waals surface area contributed by atoms with Crippen LogP contribution < -0.4 is 14.2 Å². The van der Waals surface area contributed by atoms with Gasteiger partial charge in [0.1, 0.15) is 0 Å². The molecule has 0 bridgehead atoms. The summed E-state index contributed by atoms with van der Waals surface area (Å²) in [6.07, 6.45) is 0.788. The van der Waals surface area contributed by atoms with Crippen molar-refractivity contribution in [3.8, 4) is 17.2 Å². The summed E-state index contributed by atoms with van der Waals surface area (Å²) < 4.78 is 15.7. The van der Waals surface area contributed by atoms with Crippen LogP contribution in [0.1, 0.15) is 35.7 Å². The summed E-state index contributed by atoms with van der Waals surface area (Å²) in [7, 11) is 4.58. The highest BCUT2D eigenvalue weighted by atomic mass is 16.5. The fourth-order valence-corrected chi connectivity index (χ4v) is 1.80. The van der Waals surface area contributed by atoms with Gasteiger partial charge in [-0.3, -0.25) is 4.79 Å². The standard InChI is InChI=1S/C13H18O4/c1-8(2)9-6-11(15-3)13(17-5)12(16-4)10(9)7-14/h6-8H,1-5H3. The normalized spacial score (nSPS) is 10.2. The van der Waals surface area contributed by atoms with Crippen molar-refractivity contribution in [3.63, 3.8) is 0 Å². The van der Waals surface area contributed by atoms with Gasteiger partial charge in [-0.1, -0.05) is 13.8 Å². The zero-order valence-electron chi connectivity index (χ0n) is 10.9. The summed E-state index contributed by atoms with van der Waals surface area (Å²) in [4.78, 5) is 11.2. The number of carbonyl (C=O) groups excluding carboxylic acids is 1. The SMILES string of the molecule is COc1cc(C(C)C)c(C=O)c(OC)c1OC. The Hall–Kier alpha value is -1.71. The summed E-state index contributed by atoms with van der Waals surface area (Å²) in [6.45, 7) is 4.02. The molecule has 1 aromatic rings. The number of aldehydes is 1. The predicted molar refractivity (Wildman–Crippen MR) is 65.6 cm³/mol. The highest BCUT2D eigenvalue weighted by Crippen LogP contribution is 2.43. The molecule has 0 aromatic heterocycles. The number of benzene rings is 1. The molecule has 17 heavy (non-hydrogen) atoms. The van der Waals surface area contributed by atoms with Crippen LogP contribution in [0.3, 0.4) is 0 Å². The van der Waals surface area contributed by atoms with Gasteiger partial charge in [-0.25, -0.2) is 0 Å². The monoisotopic (exact) mass is 238 g/mol. The highest BCUT2D eigenvalue weighted by molar-refractivity contribution is 5.85. The second-order valence-corrected chi connectivity index (χ2v) is 3.92. The summed E-state index contributed by atoms with van der Waals surface area (Å²) in [5.74, 6) is 1.63. The molecule has 0 heterocycles. The first-order chi connectivity index (χ1) is 8.10. The number of hydrogen-bond donors (Lipinski definition) is 0. The molecule has 1 aromatic carbocycles. The largest absolute Gasteiger partial charge is 0.493 e. The van der Waals surface area contributed by atoms with Gasteiger partial charge in [0.2, 0.25) is 5.75 Å². The Morgan fingerprint density at radius 2 is 1.65 bits per heavy atom. The molecule has 0 aliphatic heterocycles. The first-order valence-electron chi connectivity index (χ1n) is 5.38. The third kappa shape index (κ3) is 2.35. The Labute approximate surface area is 101 Å². The van der Waals surface area contributed by atoms with Crippen molar-refractivity contribution in [1.82, 2.24) is 0 Å². The van der Waals surface area contributed by atoms with E-state index in [1.165, 1.54) is 14.2 Å². The van der Waals surface area contributed by atoms with Crippen LogP contribution in [0.15, 0.2) is 6.07 Å². The van der Waals surface area contributed by atoms with Crippen LogP contribution in [0.2, 0.25) is 0 Å². The van der Waals surface area contributed by atoms with Gasteiger partial charge in [-0.05, 0) is 17.5 Å². The number of ether oxygens (including phenoxy) is 3. The Bertz CT molecular complexity index is 410. The quantitative estimate of drug-likeness (QED) is 0.740. The molecule has 0 saturated carbocycles. The van der Waals surface area contributed by atoms with Crippen LogP contribution in [-0.2, 0) is 0 Å². The molecule has 4 heteroatoms. The van der Waals surface area contributed by atoms with Crippen molar-refractivity contribution in [1.29, 1.82) is 0 Å². The van der Waals surface area contributed by atoms with Gasteiger partial charge in [-0.2, -0.15) is 0 Å². The van der Waals surface area contributed by atoms with E-state index in [-0.39, 0.29) is 5.92 Å². The molecule has 0 aliphatic carbocycles. The average Bonchev–Trinajstić information content (AvgIpc) is 2.35. The van der Waals surface area contributed by atoms with Crippen LogP contribution in [0.25, 0.3) is 0 Å². The lowest BCUT2D eigenvalue weighted by molar-refractivity contribution is 0.111. The van der Waals surface area contributed by atoms with Gasteiger partial charge >= 0.3 is 0 Å². The average molecular weight is 238 g/mol. The second kappa shape index (κ2) is 5.57. The molecule has 0 saturated heterocycles. The Morgan fingerprint density at radius 1 is 1.06 bits per heavy atom. The zero-order chi connectivity index (χ0) is 13.0. The summed E-state index contributed by atoms with van der Waals surface area (Å²) in [5, 5.41) is 0. The van der Waals surface area contributed by atoms with Gasteiger partial charge in [0.25, 0.3) is 0 Å². The van der Waals surface area contributed by atoms with Crippen LogP contribution in [0.5, 0.6) is 17.2 Å². The maximum absolute atomic E-state index is 11.2. The van der Waals surface area contributed by atoms with E-state index in [0.717, 1.165) is 11.8 Å². The Kier molecular flexibility index (Phi) is 4.37. The minimum Gasteiger partial charge on any atom is -0.493 e. The summed E-state index contributed by atoms with van der Waals surface area (Å²) in [6, 6.07) is 1.82. The molecule has 0 radical (unpaired) electrons. The molecular weight excluding hydrogens is 220 g/mol. The van der Waals surface area contributed by atoms with Crippen molar-refractivity contribution < 1.29 is 19.0 Å². The Balaban J connectivity index is 3.60. The molecular formula is C13H18O4. The van der Waals surface area contributed by atoms with E-state index in [1.807, 2.05) is 19.9 Å². The van der Waals surface area contributed by atoms with E-state index in [0.29, 0.717) is 22.8 Å². The molecule has 0 unspecified atom stereocenters. The summed E-state index contributed by atoms with van der Waals surface area (Å²) >= 11 is 0. The molecule has 4 nitrogen and oxygen atoms in total. The van der Waals surface area contributed by atoms with E-state index >= 15 is 0 Å². The van der Waals surface area contributed by atoms with E-state index < -0.39 is 0 Å². The molecule has 0 N–H and O–H groups in total. The van der Waals surface area contributed by atoms with Crippen molar-refractivity contribution in [3.05, 3.63) is 17.2 Å². The number of hydrogen-bond acceptors (Lipinski definition) is 4. The molecule has 0 aliphatic rings. The molecule has 94 valence electrons. The van der Waals surface area contributed by atoms with Crippen molar-refractivity contribution in [2.24, 2.45) is 0 Å². The molecule has 0 fully saturated rings. The first-order valence-corrected chi connectivity index (χ1v) is 5.38. The minimum absolute atomic E-state index is 0.198. The second-order valence-electron chi connectivity index (χ2n) is 3.92. The van der Waals surface area contributed by atoms with Gasteiger partial charge in [0.05, 0.1) is 26.9 Å². The third-order valence-corrected chi connectivity index (χ3v) is 2.64. The number of carbonyl (C=O) groups is 1. The van der Waals surface area contributed by atoms with Gasteiger partial charge < -0.3 is 14.2 Å². The van der Waals surface area contributed by atoms with Crippen molar-refractivity contribution in [2.45, 2.75) is 19.8 Å². The van der Waals surface area contributed by atoms with Crippen LogP contribution in [0, 0.1) is 0 Å². The van der Waals surface area contributed by atoms with E-state index in [4.69, 9.17) is 14.2 Å². The van der Waals surface area contributed by atoms with Crippen molar-refractivity contribution >= 4 is 6.29 Å². The summed E-state index contributed by atoms with van der Waals surface area (Å²) in [5.41, 5.74) is 1.40. The highest BCUT2D eigenvalue weighted by Gasteiger charge is 2.21. The third-order valence-electron chi connectivity index (χ3n) is 2.64. The van der Waals surface area contributed by atoms with Crippen LogP contribution >= 0.6 is 0 Å². The Morgan fingerprint density at radius 3 is 2.00 bits per heavy atom. The van der Waals surface area contributed by atoms with Crippen LogP contribution in [0.4, 0.5) is 0 Å². The maximum Gasteiger partial charge on any atom is 0.204 e. The molecule has 0 spiro atoms. The smallest absolute Gasteiger partial charge is 0.204 e. The first kappa shape index (κ1) is 13.4. The van der Waals surface area contributed by atoms with Gasteiger partial charge in [0, 0.05) is 0 Å².